The van der Waals surface area contributed by atoms with Gasteiger partial charge in [0.2, 0.25) is 0 Å². The van der Waals surface area contributed by atoms with E-state index in [1.807, 2.05) is 23.1 Å². The molecule has 0 radical (unpaired) electrons. The summed E-state index contributed by atoms with van der Waals surface area (Å²) in [5.41, 5.74) is 1.54. The third-order valence-electron chi connectivity index (χ3n) is 4.59. The first-order chi connectivity index (χ1) is 12.8. The van der Waals surface area contributed by atoms with Crippen LogP contribution in [0.3, 0.4) is 0 Å². The Kier molecular flexibility index (Phi) is 4.97. The Morgan fingerprint density at radius 1 is 1.19 bits per heavy atom. The fourth-order valence-corrected chi connectivity index (χ4v) is 3.27. The molecule has 0 aliphatic carbocycles. The van der Waals surface area contributed by atoms with Crippen LogP contribution >= 0.6 is 0 Å². The second-order valence-electron chi connectivity index (χ2n) is 6.31. The first-order valence-electron chi connectivity index (χ1n) is 8.85. The van der Waals surface area contributed by atoms with Crippen LogP contribution in [0.2, 0.25) is 0 Å². The van der Waals surface area contributed by atoms with Crippen molar-refractivity contribution >= 4 is 5.91 Å². The van der Waals surface area contributed by atoms with Crippen LogP contribution in [0.4, 0.5) is 0 Å². The predicted molar refractivity (Wildman–Crippen MR) is 93.4 cm³/mol. The topological polar surface area (TPSA) is 73.8 Å². The SMILES string of the molecule is O=C(c1cccc2c1OCCO2)N1CCO[C@H](CCc2ccncn2)C1. The molecule has 1 aromatic carbocycles. The maximum Gasteiger partial charge on any atom is 0.257 e. The molecule has 3 heterocycles. The monoisotopic (exact) mass is 355 g/mol. The Balaban J connectivity index is 1.42. The molecule has 0 saturated carbocycles. The van der Waals surface area contributed by atoms with Crippen LogP contribution < -0.4 is 9.47 Å². The molecule has 2 aliphatic heterocycles. The Morgan fingerprint density at radius 3 is 3.00 bits per heavy atom. The van der Waals surface area contributed by atoms with Gasteiger partial charge in [-0.2, -0.15) is 0 Å². The number of amides is 1. The van der Waals surface area contributed by atoms with E-state index in [0.717, 1.165) is 18.5 Å². The number of carbonyl (C=O) groups excluding carboxylic acids is 1. The molecular weight excluding hydrogens is 334 g/mol. The summed E-state index contributed by atoms with van der Waals surface area (Å²) in [4.78, 5) is 23.0. The number of hydrogen-bond acceptors (Lipinski definition) is 6. The summed E-state index contributed by atoms with van der Waals surface area (Å²) in [7, 11) is 0. The Hall–Kier alpha value is -2.67. The van der Waals surface area contributed by atoms with Gasteiger partial charge in [-0.15, -0.1) is 0 Å². The van der Waals surface area contributed by atoms with Gasteiger partial charge in [-0.25, -0.2) is 9.97 Å². The third-order valence-corrected chi connectivity index (χ3v) is 4.59. The molecule has 1 saturated heterocycles. The Bertz CT molecular complexity index is 769. The average Bonchev–Trinajstić information content (AvgIpc) is 2.72. The first kappa shape index (κ1) is 16.8. The van der Waals surface area contributed by atoms with E-state index in [1.54, 1.807) is 18.6 Å². The summed E-state index contributed by atoms with van der Waals surface area (Å²) in [5, 5.41) is 0. The zero-order chi connectivity index (χ0) is 17.8. The van der Waals surface area contributed by atoms with E-state index in [4.69, 9.17) is 14.2 Å². The fourth-order valence-electron chi connectivity index (χ4n) is 3.27. The Morgan fingerprint density at radius 2 is 2.12 bits per heavy atom. The van der Waals surface area contributed by atoms with Crippen molar-refractivity contribution < 1.29 is 19.0 Å². The molecule has 1 atom stereocenters. The van der Waals surface area contributed by atoms with Crippen LogP contribution in [0.5, 0.6) is 11.5 Å². The minimum Gasteiger partial charge on any atom is -0.486 e. The van der Waals surface area contributed by atoms with E-state index in [2.05, 4.69) is 9.97 Å². The van der Waals surface area contributed by atoms with E-state index in [-0.39, 0.29) is 12.0 Å². The number of hydrogen-bond donors (Lipinski definition) is 0. The molecule has 1 fully saturated rings. The van der Waals surface area contributed by atoms with Gasteiger partial charge in [0, 0.05) is 25.0 Å². The van der Waals surface area contributed by atoms with Gasteiger partial charge in [0.25, 0.3) is 5.91 Å². The maximum absolute atomic E-state index is 13.0. The zero-order valence-corrected chi connectivity index (χ0v) is 14.5. The fraction of sp³-hybridized carbons (Fsp3) is 0.421. The molecule has 7 heteroatoms. The molecule has 1 amide bonds. The van der Waals surface area contributed by atoms with Crippen LogP contribution in [-0.2, 0) is 11.2 Å². The second-order valence-corrected chi connectivity index (χ2v) is 6.31. The first-order valence-corrected chi connectivity index (χ1v) is 8.85. The molecule has 1 aromatic heterocycles. The highest BCUT2D eigenvalue weighted by Gasteiger charge is 2.28. The van der Waals surface area contributed by atoms with Gasteiger partial charge in [0.1, 0.15) is 19.5 Å². The second kappa shape index (κ2) is 7.70. The van der Waals surface area contributed by atoms with Crippen LogP contribution in [0, 0.1) is 0 Å². The van der Waals surface area contributed by atoms with Crippen molar-refractivity contribution in [3.05, 3.63) is 48.0 Å². The number of carbonyl (C=O) groups is 1. The average molecular weight is 355 g/mol. The van der Waals surface area contributed by atoms with Crippen LogP contribution in [-0.4, -0.2) is 59.8 Å². The van der Waals surface area contributed by atoms with Crippen molar-refractivity contribution in [1.29, 1.82) is 0 Å². The molecular formula is C19H21N3O4. The largest absolute Gasteiger partial charge is 0.486 e. The third kappa shape index (κ3) is 3.62. The molecule has 0 spiro atoms. The van der Waals surface area contributed by atoms with Gasteiger partial charge in [0.15, 0.2) is 11.5 Å². The van der Waals surface area contributed by atoms with Crippen LogP contribution in [0.15, 0.2) is 36.8 Å². The molecule has 2 aliphatic rings. The number of aromatic nitrogens is 2. The van der Waals surface area contributed by atoms with Crippen LogP contribution in [0.1, 0.15) is 22.5 Å². The lowest BCUT2D eigenvalue weighted by atomic mass is 10.1. The number of morpholine rings is 1. The van der Waals surface area contributed by atoms with Gasteiger partial charge in [-0.05, 0) is 31.0 Å². The molecule has 0 bridgehead atoms. The quantitative estimate of drug-likeness (QED) is 0.831. The van der Waals surface area contributed by atoms with E-state index in [1.165, 1.54) is 0 Å². The lowest BCUT2D eigenvalue weighted by Crippen LogP contribution is -2.46. The molecule has 26 heavy (non-hydrogen) atoms. The minimum atomic E-state index is -0.0392. The molecule has 4 rings (SSSR count). The van der Waals surface area contributed by atoms with Crippen molar-refractivity contribution in [3.63, 3.8) is 0 Å². The number of fused-ring (bicyclic) bond motifs is 1. The van der Waals surface area contributed by atoms with Crippen LogP contribution in [0.25, 0.3) is 0 Å². The van der Waals surface area contributed by atoms with Crippen molar-refractivity contribution in [2.24, 2.45) is 0 Å². The molecule has 0 N–H and O–H groups in total. The summed E-state index contributed by atoms with van der Waals surface area (Å²) in [6, 6.07) is 7.35. The van der Waals surface area contributed by atoms with Crippen molar-refractivity contribution in [1.82, 2.24) is 14.9 Å². The van der Waals surface area contributed by atoms with Gasteiger partial charge in [0.05, 0.1) is 18.3 Å². The number of rotatable bonds is 4. The van der Waals surface area contributed by atoms with E-state index in [0.29, 0.717) is 50.0 Å². The van der Waals surface area contributed by atoms with Crippen molar-refractivity contribution in [2.75, 3.05) is 32.9 Å². The number of ether oxygens (including phenoxy) is 3. The van der Waals surface area contributed by atoms with E-state index < -0.39 is 0 Å². The number of aryl methyl sites for hydroxylation is 1. The standard InChI is InChI=1S/C19H21N3O4/c23-19(16-2-1-3-17-18(16)26-11-10-25-17)22-8-9-24-15(12-22)5-4-14-6-7-20-13-21-14/h1-3,6-7,13,15H,4-5,8-12H2/t15-/m1/s1. The summed E-state index contributed by atoms with van der Waals surface area (Å²) in [6.45, 7) is 2.64. The lowest BCUT2D eigenvalue weighted by molar-refractivity contribution is -0.0248. The van der Waals surface area contributed by atoms with Gasteiger partial charge >= 0.3 is 0 Å². The Labute approximate surface area is 151 Å². The highest BCUT2D eigenvalue weighted by molar-refractivity contribution is 5.98. The predicted octanol–water partition coefficient (Wildman–Crippen LogP) is 1.72. The number of benzene rings is 1. The highest BCUT2D eigenvalue weighted by Crippen LogP contribution is 2.34. The molecule has 136 valence electrons. The highest BCUT2D eigenvalue weighted by atomic mass is 16.6. The van der Waals surface area contributed by atoms with Crippen molar-refractivity contribution in [3.8, 4) is 11.5 Å². The van der Waals surface area contributed by atoms with Gasteiger partial charge < -0.3 is 19.1 Å². The normalized spacial score (nSPS) is 19.2. The van der Waals surface area contributed by atoms with Crippen molar-refractivity contribution in [2.45, 2.75) is 18.9 Å². The minimum absolute atomic E-state index is 0.000581. The molecule has 7 nitrogen and oxygen atoms in total. The van der Waals surface area contributed by atoms with Gasteiger partial charge in [-0.3, -0.25) is 4.79 Å². The molecule has 2 aromatic rings. The maximum atomic E-state index is 13.0. The summed E-state index contributed by atoms with van der Waals surface area (Å²) in [5.74, 6) is 1.14. The zero-order valence-electron chi connectivity index (χ0n) is 14.5. The summed E-state index contributed by atoms with van der Waals surface area (Å²) >= 11 is 0. The lowest BCUT2D eigenvalue weighted by Gasteiger charge is -2.33. The number of nitrogens with zero attached hydrogens (tertiary/aromatic N) is 3. The summed E-state index contributed by atoms with van der Waals surface area (Å²) < 4.78 is 17.1. The smallest absolute Gasteiger partial charge is 0.257 e. The molecule has 0 unspecified atom stereocenters. The van der Waals surface area contributed by atoms with E-state index >= 15 is 0 Å². The number of para-hydroxylation sites is 1. The van der Waals surface area contributed by atoms with E-state index in [9.17, 15) is 4.79 Å². The summed E-state index contributed by atoms with van der Waals surface area (Å²) in [6.07, 6.45) is 4.90. The van der Waals surface area contributed by atoms with Gasteiger partial charge in [-0.1, -0.05) is 6.07 Å².